The molecule has 4 atom stereocenters. The summed E-state index contributed by atoms with van der Waals surface area (Å²) >= 11 is 0. The average molecular weight is 577 g/mol. The summed E-state index contributed by atoms with van der Waals surface area (Å²) < 4.78 is 28.0. The van der Waals surface area contributed by atoms with Crippen molar-refractivity contribution in [2.75, 3.05) is 28.4 Å². The number of benzene rings is 3. The predicted molar refractivity (Wildman–Crippen MR) is 154 cm³/mol. The molecule has 10 nitrogen and oxygen atoms in total. The predicted octanol–water partition coefficient (Wildman–Crippen LogP) is 4.12. The normalized spacial score (nSPS) is 21.2. The average Bonchev–Trinajstić information content (AvgIpc) is 3.02. The van der Waals surface area contributed by atoms with Crippen LogP contribution in [0.3, 0.4) is 0 Å². The third kappa shape index (κ3) is 5.18. The van der Waals surface area contributed by atoms with Gasteiger partial charge in [-0.05, 0) is 42.8 Å². The third-order valence-electron chi connectivity index (χ3n) is 8.14. The van der Waals surface area contributed by atoms with Gasteiger partial charge in [0, 0.05) is 29.5 Å². The number of amides is 2. The SMILES string of the molecule is COc1ccc(OC)c(C[C@H]2C(=O)N3[C@H](C)c4c(OC)ccc(OC)c4C[C@H]3C(O)N2C(=O)OCc2ccccc2)c1. The van der Waals surface area contributed by atoms with Gasteiger partial charge in [0.1, 0.15) is 35.6 Å². The molecular formula is C32H36N2O8. The molecule has 0 aromatic heterocycles. The minimum Gasteiger partial charge on any atom is -0.497 e. The van der Waals surface area contributed by atoms with Gasteiger partial charge >= 0.3 is 6.09 Å². The van der Waals surface area contributed by atoms with Gasteiger partial charge in [0.25, 0.3) is 0 Å². The summed E-state index contributed by atoms with van der Waals surface area (Å²) in [5.41, 5.74) is 3.06. The van der Waals surface area contributed by atoms with Crippen molar-refractivity contribution in [3.8, 4) is 23.0 Å². The summed E-state index contributed by atoms with van der Waals surface area (Å²) in [7, 11) is 6.24. The lowest BCUT2D eigenvalue weighted by molar-refractivity contribution is -0.171. The van der Waals surface area contributed by atoms with E-state index in [4.69, 9.17) is 23.7 Å². The van der Waals surface area contributed by atoms with Crippen molar-refractivity contribution in [1.82, 2.24) is 9.80 Å². The Morgan fingerprint density at radius 2 is 1.57 bits per heavy atom. The highest BCUT2D eigenvalue weighted by Crippen LogP contribution is 2.46. The smallest absolute Gasteiger partial charge is 0.412 e. The van der Waals surface area contributed by atoms with Crippen LogP contribution < -0.4 is 18.9 Å². The first-order valence-corrected chi connectivity index (χ1v) is 13.8. The Labute approximate surface area is 245 Å². The van der Waals surface area contributed by atoms with Gasteiger partial charge in [0.05, 0.1) is 40.5 Å². The van der Waals surface area contributed by atoms with Crippen LogP contribution in [0, 0.1) is 0 Å². The maximum Gasteiger partial charge on any atom is 0.412 e. The minimum atomic E-state index is -1.36. The Morgan fingerprint density at radius 3 is 2.24 bits per heavy atom. The molecule has 2 aliphatic rings. The zero-order chi connectivity index (χ0) is 30.0. The quantitative estimate of drug-likeness (QED) is 0.427. The molecule has 222 valence electrons. The van der Waals surface area contributed by atoms with Gasteiger partial charge in [0.15, 0.2) is 6.23 Å². The fourth-order valence-electron chi connectivity index (χ4n) is 6.12. The number of ether oxygens (including phenoxy) is 5. The number of nitrogens with zero attached hydrogens (tertiary/aromatic N) is 2. The molecule has 2 amide bonds. The first-order chi connectivity index (χ1) is 20.3. The van der Waals surface area contributed by atoms with E-state index in [0.29, 0.717) is 28.6 Å². The van der Waals surface area contributed by atoms with E-state index in [9.17, 15) is 14.7 Å². The van der Waals surface area contributed by atoms with Crippen molar-refractivity contribution < 1.29 is 38.4 Å². The largest absolute Gasteiger partial charge is 0.497 e. The lowest BCUT2D eigenvalue weighted by atomic mass is 9.83. The highest BCUT2D eigenvalue weighted by atomic mass is 16.6. The fourth-order valence-corrected chi connectivity index (χ4v) is 6.12. The van der Waals surface area contributed by atoms with Gasteiger partial charge in [-0.25, -0.2) is 4.79 Å². The number of aliphatic hydroxyl groups is 1. The number of hydrogen-bond acceptors (Lipinski definition) is 8. The molecule has 42 heavy (non-hydrogen) atoms. The van der Waals surface area contributed by atoms with Gasteiger partial charge in [0.2, 0.25) is 5.91 Å². The van der Waals surface area contributed by atoms with E-state index in [2.05, 4.69) is 0 Å². The van der Waals surface area contributed by atoms with Gasteiger partial charge in [-0.2, -0.15) is 0 Å². The van der Waals surface area contributed by atoms with E-state index in [0.717, 1.165) is 21.6 Å². The van der Waals surface area contributed by atoms with Crippen LogP contribution in [0.2, 0.25) is 0 Å². The van der Waals surface area contributed by atoms with Gasteiger partial charge in [-0.1, -0.05) is 30.3 Å². The van der Waals surface area contributed by atoms with Crippen molar-refractivity contribution in [2.24, 2.45) is 0 Å². The number of piperazine rings is 1. The van der Waals surface area contributed by atoms with Crippen molar-refractivity contribution in [3.63, 3.8) is 0 Å². The van der Waals surface area contributed by atoms with Crippen molar-refractivity contribution in [3.05, 3.63) is 82.9 Å². The minimum absolute atomic E-state index is 0.00900. The van der Waals surface area contributed by atoms with Crippen LogP contribution in [0.15, 0.2) is 60.7 Å². The molecular weight excluding hydrogens is 540 g/mol. The standard InChI is InChI=1S/C32H36N2O8/c1-19-29-23(27(40-4)13-14-28(29)41-5)17-25-31(36)34(32(37)42-18-20-9-7-6-8-10-20)24(30(35)33(19)25)16-21-15-22(38-2)11-12-26(21)39-3/h6-15,19,24-25,31,36H,16-18H2,1-5H3/t19-,24+,25+,31?/m1/s1. The molecule has 0 spiro atoms. The van der Waals surface area contributed by atoms with Crippen molar-refractivity contribution in [1.29, 1.82) is 0 Å². The zero-order valence-corrected chi connectivity index (χ0v) is 24.4. The summed E-state index contributed by atoms with van der Waals surface area (Å²) in [6, 6.07) is 15.8. The summed E-state index contributed by atoms with van der Waals surface area (Å²) in [5.74, 6) is 2.02. The molecule has 1 unspecified atom stereocenters. The zero-order valence-electron chi connectivity index (χ0n) is 24.4. The Balaban J connectivity index is 1.56. The van der Waals surface area contributed by atoms with Crippen molar-refractivity contribution in [2.45, 2.75) is 50.7 Å². The second-order valence-electron chi connectivity index (χ2n) is 10.3. The summed E-state index contributed by atoms with van der Waals surface area (Å²) in [6.45, 7) is 1.88. The van der Waals surface area contributed by atoms with Crippen molar-refractivity contribution >= 4 is 12.0 Å². The highest BCUT2D eigenvalue weighted by molar-refractivity contribution is 5.89. The van der Waals surface area contributed by atoms with E-state index in [-0.39, 0.29) is 25.4 Å². The van der Waals surface area contributed by atoms with Crippen LogP contribution in [0.1, 0.15) is 35.2 Å². The van der Waals surface area contributed by atoms with Gasteiger partial charge in [-0.3, -0.25) is 9.69 Å². The third-order valence-corrected chi connectivity index (χ3v) is 8.14. The summed E-state index contributed by atoms with van der Waals surface area (Å²) in [5, 5.41) is 11.9. The Kier molecular flexibility index (Phi) is 8.44. The lowest BCUT2D eigenvalue weighted by Crippen LogP contribution is -2.70. The molecule has 1 saturated heterocycles. The van der Waals surface area contributed by atoms with Gasteiger partial charge in [-0.15, -0.1) is 0 Å². The number of rotatable bonds is 8. The number of hydrogen-bond donors (Lipinski definition) is 1. The Bertz CT molecular complexity index is 1450. The molecule has 3 aromatic rings. The maximum absolute atomic E-state index is 14.4. The molecule has 2 aliphatic heterocycles. The topological polar surface area (TPSA) is 107 Å². The summed E-state index contributed by atoms with van der Waals surface area (Å²) in [4.78, 5) is 31.0. The first kappa shape index (κ1) is 29.1. The molecule has 0 bridgehead atoms. The molecule has 1 fully saturated rings. The van der Waals surface area contributed by atoms with Crippen LogP contribution in [-0.2, 0) is 29.0 Å². The van der Waals surface area contributed by atoms with Crippen LogP contribution >= 0.6 is 0 Å². The van der Waals surface area contributed by atoms with Crippen LogP contribution in [0.4, 0.5) is 4.79 Å². The fraction of sp³-hybridized carbons (Fsp3) is 0.375. The molecule has 0 radical (unpaired) electrons. The van der Waals surface area contributed by atoms with Crippen LogP contribution in [0.5, 0.6) is 23.0 Å². The Hall–Kier alpha value is -4.44. The number of methoxy groups -OCH3 is 4. The second-order valence-corrected chi connectivity index (χ2v) is 10.3. The molecule has 1 N–H and O–H groups in total. The molecule has 0 saturated carbocycles. The van der Waals surface area contributed by atoms with Crippen LogP contribution in [-0.4, -0.2) is 73.7 Å². The first-order valence-electron chi connectivity index (χ1n) is 13.8. The van der Waals surface area contributed by atoms with E-state index in [1.54, 1.807) is 50.5 Å². The van der Waals surface area contributed by atoms with E-state index < -0.39 is 30.4 Å². The maximum atomic E-state index is 14.4. The highest BCUT2D eigenvalue weighted by Gasteiger charge is 2.53. The molecule has 10 heteroatoms. The van der Waals surface area contributed by atoms with E-state index in [1.165, 1.54) is 7.11 Å². The van der Waals surface area contributed by atoms with E-state index in [1.807, 2.05) is 43.3 Å². The number of carbonyl (C=O) groups excluding carboxylic acids is 2. The lowest BCUT2D eigenvalue weighted by Gasteiger charge is -2.53. The monoisotopic (exact) mass is 576 g/mol. The second kappa shape index (κ2) is 12.2. The molecule has 3 aromatic carbocycles. The number of fused-ring (bicyclic) bond motifs is 2. The number of aliphatic hydroxyl groups excluding tert-OH is 1. The molecule has 5 rings (SSSR count). The summed E-state index contributed by atoms with van der Waals surface area (Å²) in [6.07, 6.45) is -1.83. The molecule has 0 aliphatic carbocycles. The Morgan fingerprint density at radius 1 is 0.905 bits per heavy atom. The van der Waals surface area contributed by atoms with E-state index >= 15 is 0 Å². The van der Waals surface area contributed by atoms with Crippen LogP contribution in [0.25, 0.3) is 0 Å². The number of carbonyl (C=O) groups is 2. The van der Waals surface area contributed by atoms with Gasteiger partial charge < -0.3 is 33.7 Å². The molecule has 2 heterocycles.